The Morgan fingerprint density at radius 1 is 1.05 bits per heavy atom. The Balaban J connectivity index is 2.08. The van der Waals surface area contributed by atoms with Crippen LogP contribution in [0.1, 0.15) is 5.56 Å². The van der Waals surface area contributed by atoms with Crippen molar-refractivity contribution >= 4 is 39.1 Å². The van der Waals surface area contributed by atoms with Crippen LogP contribution in [0.5, 0.6) is 11.5 Å². The Hall–Kier alpha value is -0.900. The van der Waals surface area contributed by atoms with Gasteiger partial charge in [0.2, 0.25) is 0 Å². The molecule has 0 fully saturated rings. The Morgan fingerprint density at radius 2 is 1.74 bits per heavy atom. The van der Waals surface area contributed by atoms with E-state index in [4.69, 9.17) is 32.7 Å². The molecular formula is C14H11BrCl2O2. The second-order valence-corrected chi connectivity index (χ2v) is 5.59. The predicted molar refractivity (Wildman–Crippen MR) is 81.5 cm³/mol. The normalized spacial score (nSPS) is 10.3. The minimum Gasteiger partial charge on any atom is -0.496 e. The fourth-order valence-corrected chi connectivity index (χ4v) is 2.67. The van der Waals surface area contributed by atoms with Crippen molar-refractivity contribution in [1.29, 1.82) is 0 Å². The second-order valence-electron chi connectivity index (χ2n) is 3.86. The van der Waals surface area contributed by atoms with Gasteiger partial charge in [-0.25, -0.2) is 0 Å². The molecule has 0 unspecified atom stereocenters. The molecule has 0 amide bonds. The highest BCUT2D eigenvalue weighted by Crippen LogP contribution is 2.27. The van der Waals surface area contributed by atoms with E-state index >= 15 is 0 Å². The summed E-state index contributed by atoms with van der Waals surface area (Å²) < 4.78 is 11.7. The van der Waals surface area contributed by atoms with Crippen molar-refractivity contribution in [2.75, 3.05) is 7.11 Å². The molecule has 0 radical (unpaired) electrons. The first-order chi connectivity index (χ1) is 9.08. The van der Waals surface area contributed by atoms with Crippen LogP contribution in [0.15, 0.2) is 40.9 Å². The molecule has 0 saturated heterocycles. The summed E-state index contributed by atoms with van der Waals surface area (Å²) in [6, 6.07) is 10.9. The van der Waals surface area contributed by atoms with Crippen molar-refractivity contribution in [3.63, 3.8) is 0 Å². The zero-order valence-corrected chi connectivity index (χ0v) is 13.2. The minimum absolute atomic E-state index is 0.430. The van der Waals surface area contributed by atoms with Crippen LogP contribution in [0.25, 0.3) is 0 Å². The summed E-state index contributed by atoms with van der Waals surface area (Å²) in [5.74, 6) is 1.43. The van der Waals surface area contributed by atoms with Gasteiger partial charge in [-0.3, -0.25) is 0 Å². The largest absolute Gasteiger partial charge is 0.496 e. The Labute approximate surface area is 130 Å². The van der Waals surface area contributed by atoms with Crippen LogP contribution < -0.4 is 9.47 Å². The topological polar surface area (TPSA) is 18.5 Å². The van der Waals surface area contributed by atoms with Crippen molar-refractivity contribution < 1.29 is 9.47 Å². The lowest BCUT2D eigenvalue weighted by molar-refractivity contribution is 0.306. The van der Waals surface area contributed by atoms with Crippen LogP contribution in [0.3, 0.4) is 0 Å². The molecule has 0 aliphatic rings. The molecule has 0 heterocycles. The molecule has 2 rings (SSSR count). The number of hydrogen-bond acceptors (Lipinski definition) is 2. The number of hydrogen-bond donors (Lipinski definition) is 0. The third-order valence-electron chi connectivity index (χ3n) is 2.46. The van der Waals surface area contributed by atoms with E-state index in [1.165, 1.54) is 0 Å². The van der Waals surface area contributed by atoms with E-state index < -0.39 is 0 Å². The molecule has 0 aliphatic heterocycles. The highest BCUT2D eigenvalue weighted by Gasteiger charge is 2.03. The summed E-state index contributed by atoms with van der Waals surface area (Å²) in [5.41, 5.74) is 1.02. The first-order valence-electron chi connectivity index (χ1n) is 5.50. The minimum atomic E-state index is 0.430. The van der Waals surface area contributed by atoms with Crippen LogP contribution in [-0.4, -0.2) is 7.11 Å². The number of halogens is 3. The summed E-state index contributed by atoms with van der Waals surface area (Å²) in [6.07, 6.45) is 0. The van der Waals surface area contributed by atoms with Gasteiger partial charge in [-0.2, -0.15) is 0 Å². The van der Waals surface area contributed by atoms with Gasteiger partial charge in [-0.15, -0.1) is 0 Å². The first kappa shape index (κ1) is 14.5. The molecule has 2 nitrogen and oxygen atoms in total. The molecule has 0 N–H and O–H groups in total. The molecule has 0 aliphatic carbocycles. The molecule has 5 heteroatoms. The Kier molecular flexibility index (Phi) is 4.97. The van der Waals surface area contributed by atoms with Crippen molar-refractivity contribution in [2.45, 2.75) is 6.61 Å². The van der Waals surface area contributed by atoms with Gasteiger partial charge in [0.25, 0.3) is 0 Å². The van der Waals surface area contributed by atoms with Crippen molar-refractivity contribution in [2.24, 2.45) is 0 Å². The van der Waals surface area contributed by atoms with Crippen LogP contribution in [0.2, 0.25) is 10.0 Å². The zero-order valence-electron chi connectivity index (χ0n) is 10.1. The second kappa shape index (κ2) is 6.51. The number of rotatable bonds is 4. The van der Waals surface area contributed by atoms with E-state index in [-0.39, 0.29) is 0 Å². The molecule has 19 heavy (non-hydrogen) atoms. The average molecular weight is 362 g/mol. The van der Waals surface area contributed by atoms with Gasteiger partial charge < -0.3 is 9.47 Å². The van der Waals surface area contributed by atoms with Gasteiger partial charge in [-0.05, 0) is 51.8 Å². The highest BCUT2D eigenvalue weighted by molar-refractivity contribution is 9.10. The quantitative estimate of drug-likeness (QED) is 0.731. The Morgan fingerprint density at radius 3 is 2.32 bits per heavy atom. The smallest absolute Gasteiger partial charge is 0.133 e. The lowest BCUT2D eigenvalue weighted by Crippen LogP contribution is -1.96. The van der Waals surface area contributed by atoms with Crippen LogP contribution in [0.4, 0.5) is 0 Å². The summed E-state index contributed by atoms with van der Waals surface area (Å²) in [4.78, 5) is 0. The number of methoxy groups -OCH3 is 1. The molecule has 100 valence electrons. The van der Waals surface area contributed by atoms with E-state index in [1.54, 1.807) is 25.3 Å². The van der Waals surface area contributed by atoms with Crippen molar-refractivity contribution in [3.05, 3.63) is 56.5 Å². The summed E-state index contributed by atoms with van der Waals surface area (Å²) in [6.45, 7) is 0.430. The standard InChI is InChI=1S/C14H11BrCl2O2/c1-18-14-3-2-9(4-13(14)15)8-19-12-6-10(16)5-11(17)7-12/h2-7H,8H2,1H3. The van der Waals surface area contributed by atoms with Gasteiger partial charge >= 0.3 is 0 Å². The fourth-order valence-electron chi connectivity index (χ4n) is 1.58. The van der Waals surface area contributed by atoms with Crippen LogP contribution in [0, 0.1) is 0 Å². The molecular weight excluding hydrogens is 351 g/mol. The van der Waals surface area contributed by atoms with E-state index in [2.05, 4.69) is 15.9 Å². The summed E-state index contributed by atoms with van der Waals surface area (Å²) in [5, 5.41) is 1.11. The molecule has 0 saturated carbocycles. The first-order valence-corrected chi connectivity index (χ1v) is 7.04. The van der Waals surface area contributed by atoms with Gasteiger partial charge in [0.05, 0.1) is 11.6 Å². The van der Waals surface area contributed by atoms with Crippen LogP contribution in [-0.2, 0) is 6.61 Å². The maximum atomic E-state index is 5.91. The predicted octanol–water partition coefficient (Wildman–Crippen LogP) is 5.34. The summed E-state index contributed by atoms with van der Waals surface area (Å²) in [7, 11) is 1.63. The SMILES string of the molecule is COc1ccc(COc2cc(Cl)cc(Cl)c2)cc1Br. The van der Waals surface area contributed by atoms with E-state index in [0.717, 1.165) is 15.8 Å². The Bertz CT molecular complexity index is 567. The lowest BCUT2D eigenvalue weighted by Gasteiger charge is -2.09. The maximum Gasteiger partial charge on any atom is 0.133 e. The van der Waals surface area contributed by atoms with Gasteiger partial charge in [0, 0.05) is 10.0 Å². The fraction of sp³-hybridized carbons (Fsp3) is 0.143. The highest BCUT2D eigenvalue weighted by atomic mass is 79.9. The molecule has 0 bridgehead atoms. The third-order valence-corrected chi connectivity index (χ3v) is 3.51. The number of benzene rings is 2. The van der Waals surface area contributed by atoms with Gasteiger partial charge in [0.15, 0.2) is 0 Å². The molecule has 2 aromatic carbocycles. The van der Waals surface area contributed by atoms with E-state index in [0.29, 0.717) is 22.4 Å². The van der Waals surface area contributed by atoms with Crippen molar-refractivity contribution in [1.82, 2.24) is 0 Å². The lowest BCUT2D eigenvalue weighted by atomic mass is 10.2. The summed E-state index contributed by atoms with van der Waals surface area (Å²) >= 11 is 15.3. The number of ether oxygens (including phenoxy) is 2. The molecule has 0 atom stereocenters. The molecule has 0 spiro atoms. The monoisotopic (exact) mass is 360 g/mol. The zero-order chi connectivity index (χ0) is 13.8. The van der Waals surface area contributed by atoms with E-state index in [9.17, 15) is 0 Å². The van der Waals surface area contributed by atoms with Gasteiger partial charge in [0.1, 0.15) is 18.1 Å². The maximum absolute atomic E-state index is 5.91. The molecule has 2 aromatic rings. The van der Waals surface area contributed by atoms with Crippen LogP contribution >= 0.6 is 39.1 Å². The van der Waals surface area contributed by atoms with Gasteiger partial charge in [-0.1, -0.05) is 29.3 Å². The molecule has 0 aromatic heterocycles. The average Bonchev–Trinajstić information content (AvgIpc) is 2.35. The van der Waals surface area contributed by atoms with E-state index in [1.807, 2.05) is 18.2 Å². The van der Waals surface area contributed by atoms with Crippen molar-refractivity contribution in [3.8, 4) is 11.5 Å². The third kappa shape index (κ3) is 4.03.